The van der Waals surface area contributed by atoms with Crippen molar-refractivity contribution in [3.05, 3.63) is 59.0 Å². The summed E-state index contributed by atoms with van der Waals surface area (Å²) in [4.78, 5) is 31.4. The number of hydrogen-bond donors (Lipinski definition) is 2. The van der Waals surface area contributed by atoms with Gasteiger partial charge in [0.2, 0.25) is 5.91 Å². The van der Waals surface area contributed by atoms with Gasteiger partial charge in [0, 0.05) is 29.8 Å². The molecular formula is C23H26N4O3S. The van der Waals surface area contributed by atoms with Crippen LogP contribution in [-0.2, 0) is 11.2 Å². The maximum atomic E-state index is 12.4. The number of nitrogens with one attached hydrogen (secondary N) is 2. The Balaban J connectivity index is 1.30. The lowest BCUT2D eigenvalue weighted by molar-refractivity contribution is -0.115. The molecule has 0 spiro atoms. The first kappa shape index (κ1) is 21.1. The summed E-state index contributed by atoms with van der Waals surface area (Å²) < 4.78 is 5.15. The number of nitrogens with zero attached hydrogens (tertiary/aromatic N) is 2. The molecule has 1 saturated heterocycles. The fourth-order valence-electron chi connectivity index (χ4n) is 3.68. The summed E-state index contributed by atoms with van der Waals surface area (Å²) in [6.07, 6.45) is 6.69. The molecule has 162 valence electrons. The minimum atomic E-state index is -0.277. The normalized spacial score (nSPS) is 14.2. The molecule has 2 aromatic heterocycles. The average molecular weight is 439 g/mol. The molecule has 7 nitrogen and oxygen atoms in total. The molecule has 1 aliphatic rings. The van der Waals surface area contributed by atoms with Crippen molar-refractivity contribution < 1.29 is 14.0 Å². The van der Waals surface area contributed by atoms with Gasteiger partial charge in [0.15, 0.2) is 5.13 Å². The van der Waals surface area contributed by atoms with Gasteiger partial charge in [-0.05, 0) is 50.1 Å². The Morgan fingerprint density at radius 2 is 1.81 bits per heavy atom. The maximum Gasteiger partial charge on any atom is 0.260 e. The van der Waals surface area contributed by atoms with Gasteiger partial charge in [0.05, 0.1) is 23.9 Å². The summed E-state index contributed by atoms with van der Waals surface area (Å²) in [6, 6.07) is 9.63. The van der Waals surface area contributed by atoms with E-state index < -0.39 is 0 Å². The van der Waals surface area contributed by atoms with Crippen molar-refractivity contribution in [3.8, 4) is 0 Å². The van der Waals surface area contributed by atoms with Crippen molar-refractivity contribution in [1.82, 2.24) is 4.98 Å². The average Bonchev–Trinajstić information content (AvgIpc) is 3.28. The Labute approximate surface area is 185 Å². The smallest absolute Gasteiger partial charge is 0.260 e. The Bertz CT molecular complexity index is 1030. The van der Waals surface area contributed by atoms with E-state index in [-0.39, 0.29) is 18.2 Å². The second-order valence-electron chi connectivity index (χ2n) is 7.66. The molecule has 31 heavy (non-hydrogen) atoms. The third kappa shape index (κ3) is 5.52. The monoisotopic (exact) mass is 438 g/mol. The summed E-state index contributed by atoms with van der Waals surface area (Å²) in [7, 11) is 0. The van der Waals surface area contributed by atoms with E-state index in [1.807, 2.05) is 12.1 Å². The minimum Gasteiger partial charge on any atom is -0.469 e. The molecule has 0 saturated carbocycles. The highest BCUT2D eigenvalue weighted by Crippen LogP contribution is 2.22. The highest BCUT2D eigenvalue weighted by atomic mass is 32.1. The molecule has 1 aliphatic heterocycles. The van der Waals surface area contributed by atoms with Gasteiger partial charge >= 0.3 is 0 Å². The van der Waals surface area contributed by atoms with E-state index >= 15 is 0 Å². The predicted molar refractivity (Wildman–Crippen MR) is 123 cm³/mol. The van der Waals surface area contributed by atoms with E-state index in [1.165, 1.54) is 49.0 Å². The Hall–Kier alpha value is -3.13. The SMILES string of the molecule is Cc1occc1C(=O)Nc1nc(CC(=O)Nc2ccc(N3CCCCCC3)cc2)cs1. The molecule has 2 amide bonds. The molecule has 3 aromatic rings. The number of rotatable bonds is 6. The number of aryl methyl sites for hydroxylation is 1. The molecule has 4 rings (SSSR count). The molecular weight excluding hydrogens is 412 g/mol. The van der Waals surface area contributed by atoms with Crippen LogP contribution in [0.4, 0.5) is 16.5 Å². The van der Waals surface area contributed by atoms with Crippen molar-refractivity contribution >= 4 is 39.7 Å². The molecule has 0 bridgehead atoms. The fraction of sp³-hybridized carbons (Fsp3) is 0.348. The Morgan fingerprint density at radius 1 is 1.06 bits per heavy atom. The van der Waals surface area contributed by atoms with E-state index in [4.69, 9.17) is 4.42 Å². The molecule has 1 fully saturated rings. The number of furan rings is 1. The second kappa shape index (κ2) is 9.78. The number of amides is 2. The molecule has 3 heterocycles. The number of hydrogen-bond acceptors (Lipinski definition) is 6. The van der Waals surface area contributed by atoms with Crippen LogP contribution in [0.1, 0.15) is 47.5 Å². The van der Waals surface area contributed by atoms with Crippen LogP contribution in [0.25, 0.3) is 0 Å². The quantitative estimate of drug-likeness (QED) is 0.574. The first-order valence-corrected chi connectivity index (χ1v) is 11.4. The van der Waals surface area contributed by atoms with Crippen LogP contribution in [0, 0.1) is 6.92 Å². The van der Waals surface area contributed by atoms with Crippen molar-refractivity contribution in [2.75, 3.05) is 28.6 Å². The van der Waals surface area contributed by atoms with Crippen LogP contribution >= 0.6 is 11.3 Å². The number of aromatic nitrogens is 1. The summed E-state index contributed by atoms with van der Waals surface area (Å²) in [6.45, 7) is 3.91. The van der Waals surface area contributed by atoms with Gasteiger partial charge in [0.25, 0.3) is 5.91 Å². The molecule has 8 heteroatoms. The Kier molecular flexibility index (Phi) is 6.66. The van der Waals surface area contributed by atoms with Gasteiger partial charge in [0.1, 0.15) is 5.76 Å². The van der Waals surface area contributed by atoms with E-state index in [1.54, 1.807) is 18.4 Å². The van der Waals surface area contributed by atoms with E-state index in [9.17, 15) is 9.59 Å². The third-order valence-electron chi connectivity index (χ3n) is 5.34. The van der Waals surface area contributed by atoms with Gasteiger partial charge < -0.3 is 14.6 Å². The van der Waals surface area contributed by atoms with Gasteiger partial charge in [-0.25, -0.2) is 4.98 Å². The van der Waals surface area contributed by atoms with E-state index in [0.29, 0.717) is 22.1 Å². The van der Waals surface area contributed by atoms with Crippen LogP contribution in [0.5, 0.6) is 0 Å². The van der Waals surface area contributed by atoms with Gasteiger partial charge in [-0.2, -0.15) is 0 Å². The lowest BCUT2D eigenvalue weighted by Gasteiger charge is -2.22. The highest BCUT2D eigenvalue weighted by Gasteiger charge is 2.15. The van der Waals surface area contributed by atoms with Crippen LogP contribution < -0.4 is 15.5 Å². The van der Waals surface area contributed by atoms with Gasteiger partial charge in [-0.1, -0.05) is 12.8 Å². The molecule has 0 unspecified atom stereocenters. The number of carbonyl (C=O) groups is 2. The maximum absolute atomic E-state index is 12.4. The Morgan fingerprint density at radius 3 is 2.48 bits per heavy atom. The molecule has 0 aliphatic carbocycles. The van der Waals surface area contributed by atoms with Crippen LogP contribution in [-0.4, -0.2) is 29.9 Å². The largest absolute Gasteiger partial charge is 0.469 e. The minimum absolute atomic E-state index is 0.142. The molecule has 2 N–H and O–H groups in total. The van der Waals surface area contributed by atoms with Crippen molar-refractivity contribution in [1.29, 1.82) is 0 Å². The number of anilines is 3. The van der Waals surface area contributed by atoms with Crippen LogP contribution in [0.2, 0.25) is 0 Å². The molecule has 0 radical (unpaired) electrons. The summed E-state index contributed by atoms with van der Waals surface area (Å²) >= 11 is 1.29. The lowest BCUT2D eigenvalue weighted by atomic mass is 10.2. The van der Waals surface area contributed by atoms with Crippen molar-refractivity contribution in [3.63, 3.8) is 0 Å². The second-order valence-corrected chi connectivity index (χ2v) is 8.52. The van der Waals surface area contributed by atoms with Crippen LogP contribution in [0.15, 0.2) is 46.4 Å². The summed E-state index contributed by atoms with van der Waals surface area (Å²) in [5.41, 5.74) is 3.05. The zero-order chi connectivity index (χ0) is 21.6. The summed E-state index contributed by atoms with van der Waals surface area (Å²) in [5.74, 6) is 0.132. The highest BCUT2D eigenvalue weighted by molar-refractivity contribution is 7.14. The number of benzene rings is 1. The number of thiazole rings is 1. The predicted octanol–water partition coefficient (Wildman–Crippen LogP) is 4.86. The van der Waals surface area contributed by atoms with E-state index in [2.05, 4.69) is 32.7 Å². The van der Waals surface area contributed by atoms with Crippen LogP contribution in [0.3, 0.4) is 0 Å². The van der Waals surface area contributed by atoms with Crippen molar-refractivity contribution in [2.45, 2.75) is 39.0 Å². The lowest BCUT2D eigenvalue weighted by Crippen LogP contribution is -2.23. The zero-order valence-electron chi connectivity index (χ0n) is 17.5. The fourth-order valence-corrected chi connectivity index (χ4v) is 4.39. The zero-order valence-corrected chi connectivity index (χ0v) is 18.3. The number of carbonyl (C=O) groups excluding carboxylic acids is 2. The topological polar surface area (TPSA) is 87.5 Å². The first-order chi connectivity index (χ1) is 15.1. The van der Waals surface area contributed by atoms with Gasteiger partial charge in [-0.3, -0.25) is 14.9 Å². The van der Waals surface area contributed by atoms with Gasteiger partial charge in [-0.15, -0.1) is 11.3 Å². The first-order valence-electron chi connectivity index (χ1n) is 10.5. The summed E-state index contributed by atoms with van der Waals surface area (Å²) in [5, 5.41) is 7.89. The third-order valence-corrected chi connectivity index (χ3v) is 6.15. The van der Waals surface area contributed by atoms with E-state index in [0.717, 1.165) is 18.8 Å². The van der Waals surface area contributed by atoms with Crippen molar-refractivity contribution in [2.24, 2.45) is 0 Å². The molecule has 0 atom stereocenters. The standard InChI is InChI=1S/C23H26N4O3S/c1-16-20(10-13-30-16)22(29)26-23-25-18(15-31-23)14-21(28)24-17-6-8-19(9-7-17)27-11-4-2-3-5-12-27/h6-10,13,15H,2-5,11-12,14H2,1H3,(H,24,28)(H,25,26,29). The molecule has 1 aromatic carbocycles.